The molecule has 0 spiro atoms. The number of carbonyl (C=O) groups is 2. The molecule has 0 aliphatic heterocycles. The van der Waals surface area contributed by atoms with E-state index in [4.69, 9.17) is 21.4 Å². The van der Waals surface area contributed by atoms with Crippen molar-refractivity contribution in [2.75, 3.05) is 6.54 Å². The number of hydrogen-bond acceptors (Lipinski definition) is 5. The van der Waals surface area contributed by atoms with E-state index in [2.05, 4.69) is 52.1 Å². The number of ether oxygens (including phenoxy) is 1. The van der Waals surface area contributed by atoms with Crippen molar-refractivity contribution in [3.05, 3.63) is 46.0 Å². The summed E-state index contributed by atoms with van der Waals surface area (Å²) in [6.45, 7) is 19.8. The summed E-state index contributed by atoms with van der Waals surface area (Å²) in [6.07, 6.45) is 12.3. The second-order valence-corrected chi connectivity index (χ2v) is 18.7. The van der Waals surface area contributed by atoms with E-state index in [-0.39, 0.29) is 17.6 Å². The van der Waals surface area contributed by atoms with Crippen LogP contribution in [0, 0.1) is 57.2 Å². The van der Waals surface area contributed by atoms with Crippen molar-refractivity contribution in [1.82, 2.24) is 5.32 Å². The molecule has 1 aromatic carbocycles. The fourth-order valence-corrected chi connectivity index (χ4v) is 12.2. The summed E-state index contributed by atoms with van der Waals surface area (Å²) in [5, 5.41) is 24.8. The number of carboxylic acids is 1. The van der Waals surface area contributed by atoms with Crippen molar-refractivity contribution < 1.29 is 24.5 Å². The SMILES string of the molecule is CC(C)C1=C2C3CCC4C(C)(CCC5C(C)C(OC=O)CCC54C)C3CCC2(C(O)CNCc2ccc(Cl)cc2)CC1.CCC(C)(C)C(=O)O. The summed E-state index contributed by atoms with van der Waals surface area (Å²) >= 11 is 6.09. The van der Waals surface area contributed by atoms with Crippen LogP contribution in [-0.2, 0) is 20.9 Å². The molecular formula is C43H66ClNO5. The minimum atomic E-state index is -0.722. The Kier molecular flexibility index (Phi) is 12.0. The van der Waals surface area contributed by atoms with Gasteiger partial charge in [-0.05, 0) is 149 Å². The molecule has 6 rings (SSSR count). The smallest absolute Gasteiger partial charge is 0.309 e. The largest absolute Gasteiger partial charge is 0.481 e. The number of benzene rings is 1. The summed E-state index contributed by atoms with van der Waals surface area (Å²) in [5.41, 5.74) is 4.62. The van der Waals surface area contributed by atoms with Gasteiger partial charge in [-0.15, -0.1) is 0 Å². The number of aliphatic hydroxyl groups excluding tert-OH is 1. The Bertz CT molecular complexity index is 1390. The second-order valence-electron chi connectivity index (χ2n) is 18.3. The minimum Gasteiger partial charge on any atom is -0.481 e. The first-order chi connectivity index (χ1) is 23.6. The highest BCUT2D eigenvalue weighted by Gasteiger charge is 2.65. The molecule has 10 atom stereocenters. The average Bonchev–Trinajstić information content (AvgIpc) is 3.49. The molecule has 3 N–H and O–H groups in total. The lowest BCUT2D eigenvalue weighted by Crippen LogP contribution is -2.61. The van der Waals surface area contributed by atoms with Crippen LogP contribution in [0.25, 0.3) is 0 Å². The van der Waals surface area contributed by atoms with Gasteiger partial charge in [0.25, 0.3) is 6.47 Å². The number of hydrogen-bond donors (Lipinski definition) is 3. The molecule has 6 nitrogen and oxygen atoms in total. The van der Waals surface area contributed by atoms with Gasteiger partial charge in [0.1, 0.15) is 6.10 Å². The van der Waals surface area contributed by atoms with Crippen molar-refractivity contribution in [3.63, 3.8) is 0 Å². The van der Waals surface area contributed by atoms with Crippen LogP contribution in [-0.4, -0.2) is 41.4 Å². The molecule has 280 valence electrons. The van der Waals surface area contributed by atoms with Crippen LogP contribution in [0.2, 0.25) is 5.02 Å². The molecule has 4 saturated carbocycles. The number of rotatable bonds is 10. The normalized spacial score (nSPS) is 37.0. The first-order valence-corrected chi connectivity index (χ1v) is 20.1. The highest BCUT2D eigenvalue weighted by Crippen LogP contribution is 2.72. The fourth-order valence-electron chi connectivity index (χ4n) is 12.1. The molecule has 0 amide bonds. The number of aliphatic hydroxyl groups is 1. The molecule has 0 aromatic heterocycles. The molecule has 10 unspecified atom stereocenters. The van der Waals surface area contributed by atoms with Crippen molar-refractivity contribution >= 4 is 24.0 Å². The molecular weight excluding hydrogens is 646 g/mol. The molecule has 4 fully saturated rings. The first kappa shape index (κ1) is 39.3. The van der Waals surface area contributed by atoms with Gasteiger partial charge in [-0.2, -0.15) is 0 Å². The fraction of sp³-hybridized carbons (Fsp3) is 0.767. The van der Waals surface area contributed by atoms with Crippen LogP contribution in [0.1, 0.15) is 132 Å². The number of allylic oxidation sites excluding steroid dienone is 1. The van der Waals surface area contributed by atoms with E-state index in [1.54, 1.807) is 25.0 Å². The van der Waals surface area contributed by atoms with Gasteiger partial charge in [-0.1, -0.05) is 76.4 Å². The van der Waals surface area contributed by atoms with Crippen LogP contribution in [0.3, 0.4) is 0 Å². The Balaban J connectivity index is 0.000000544. The molecule has 0 heterocycles. The predicted molar refractivity (Wildman–Crippen MR) is 202 cm³/mol. The van der Waals surface area contributed by atoms with Gasteiger partial charge in [-0.25, -0.2) is 0 Å². The summed E-state index contributed by atoms with van der Waals surface area (Å²) < 4.78 is 5.59. The van der Waals surface area contributed by atoms with Crippen LogP contribution < -0.4 is 5.32 Å². The Hall–Kier alpha value is -1.89. The lowest BCUT2D eigenvalue weighted by atomic mass is 9.38. The van der Waals surface area contributed by atoms with E-state index in [0.29, 0.717) is 59.9 Å². The molecule has 7 heteroatoms. The van der Waals surface area contributed by atoms with Crippen molar-refractivity contribution in [2.45, 2.75) is 145 Å². The molecule has 0 bridgehead atoms. The monoisotopic (exact) mass is 711 g/mol. The van der Waals surface area contributed by atoms with Crippen molar-refractivity contribution in [2.24, 2.45) is 57.2 Å². The number of halogens is 1. The lowest BCUT2D eigenvalue weighted by Gasteiger charge is -2.67. The van der Waals surface area contributed by atoms with Crippen LogP contribution in [0.4, 0.5) is 0 Å². The highest BCUT2D eigenvalue weighted by molar-refractivity contribution is 6.30. The second kappa shape index (κ2) is 15.2. The van der Waals surface area contributed by atoms with Gasteiger partial charge >= 0.3 is 5.97 Å². The number of nitrogens with one attached hydrogen (secondary N) is 1. The Morgan fingerprint density at radius 1 is 1.02 bits per heavy atom. The molecule has 0 saturated heterocycles. The first-order valence-electron chi connectivity index (χ1n) is 19.7. The Labute approximate surface area is 307 Å². The van der Waals surface area contributed by atoms with E-state index in [9.17, 15) is 14.7 Å². The molecule has 0 radical (unpaired) electrons. The van der Waals surface area contributed by atoms with E-state index in [1.165, 1.54) is 44.1 Å². The van der Waals surface area contributed by atoms with Crippen molar-refractivity contribution in [1.29, 1.82) is 0 Å². The van der Waals surface area contributed by atoms with E-state index in [1.807, 2.05) is 19.1 Å². The highest BCUT2D eigenvalue weighted by atomic mass is 35.5. The maximum Gasteiger partial charge on any atom is 0.309 e. The Morgan fingerprint density at radius 2 is 1.66 bits per heavy atom. The van der Waals surface area contributed by atoms with Gasteiger partial charge in [0, 0.05) is 23.5 Å². The third-order valence-electron chi connectivity index (χ3n) is 15.3. The van der Waals surface area contributed by atoms with Crippen molar-refractivity contribution in [3.8, 4) is 0 Å². The Morgan fingerprint density at radius 3 is 2.26 bits per heavy atom. The zero-order chi connectivity index (χ0) is 36.6. The summed E-state index contributed by atoms with van der Waals surface area (Å²) in [5.74, 6) is 2.94. The number of carboxylic acid groups (broad SMARTS) is 1. The third-order valence-corrected chi connectivity index (χ3v) is 15.6. The standard InChI is InChI=1S/C37H54ClNO3.C6H12O2/c1-23(2)27-12-18-37(33(41)21-39-20-25-6-8-26(38)9-7-25)19-14-30-28(34(27)37)10-11-32-35(4)17-15-31(42-22-40)24(3)29(35)13-16-36(30,32)5;1-4-6(2,3)5(7)8/h6-9,22-24,28-33,39,41H,10-21H2,1-5H3;4H2,1-3H3,(H,7,8). The van der Waals surface area contributed by atoms with Gasteiger partial charge in [0.15, 0.2) is 0 Å². The maximum atomic E-state index is 12.0. The molecule has 5 aliphatic carbocycles. The lowest BCUT2D eigenvalue weighted by molar-refractivity contribution is -0.187. The van der Waals surface area contributed by atoms with Crippen LogP contribution >= 0.6 is 11.6 Å². The predicted octanol–water partition coefficient (Wildman–Crippen LogP) is 9.86. The quantitative estimate of drug-likeness (QED) is 0.165. The topological polar surface area (TPSA) is 95.9 Å². The zero-order valence-corrected chi connectivity index (χ0v) is 33.0. The van der Waals surface area contributed by atoms with Gasteiger partial charge in [0.2, 0.25) is 0 Å². The van der Waals surface area contributed by atoms with E-state index in [0.717, 1.165) is 43.2 Å². The molecule has 50 heavy (non-hydrogen) atoms. The number of fused-ring (bicyclic) bond motifs is 7. The van der Waals surface area contributed by atoms with E-state index < -0.39 is 11.4 Å². The summed E-state index contributed by atoms with van der Waals surface area (Å²) in [4.78, 5) is 21.5. The third kappa shape index (κ3) is 7.08. The van der Waals surface area contributed by atoms with Gasteiger partial charge < -0.3 is 20.3 Å². The zero-order valence-electron chi connectivity index (χ0n) is 32.2. The van der Waals surface area contributed by atoms with Gasteiger partial charge in [-0.3, -0.25) is 9.59 Å². The maximum absolute atomic E-state index is 12.0. The molecule has 5 aliphatic rings. The van der Waals surface area contributed by atoms with E-state index >= 15 is 0 Å². The molecule has 1 aromatic rings. The number of carbonyl (C=O) groups excluding carboxylic acids is 1. The minimum absolute atomic E-state index is 0.0726. The van der Waals surface area contributed by atoms with Gasteiger partial charge in [0.05, 0.1) is 11.5 Å². The summed E-state index contributed by atoms with van der Waals surface area (Å²) in [7, 11) is 0. The van der Waals surface area contributed by atoms with Crippen LogP contribution in [0.15, 0.2) is 35.4 Å². The van der Waals surface area contributed by atoms with Crippen LogP contribution in [0.5, 0.6) is 0 Å². The number of aliphatic carboxylic acids is 1. The summed E-state index contributed by atoms with van der Waals surface area (Å²) in [6, 6.07) is 8.02. The average molecular weight is 712 g/mol.